The smallest absolute Gasteiger partial charge is 0.358 e. The van der Waals surface area contributed by atoms with Crippen molar-refractivity contribution in [3.05, 3.63) is 41.6 Å². The van der Waals surface area contributed by atoms with Gasteiger partial charge in [0, 0.05) is 11.6 Å². The molecule has 78 valence electrons. The van der Waals surface area contributed by atoms with Crippen molar-refractivity contribution in [3.8, 4) is 17.4 Å². The van der Waals surface area contributed by atoms with Crippen molar-refractivity contribution in [2.75, 3.05) is 0 Å². The maximum atomic E-state index is 10.6. The summed E-state index contributed by atoms with van der Waals surface area (Å²) in [6.45, 7) is 0. The standard InChI is InChI=1S/C11H6N2O3/c12-6-7-3-1-2-4-8(7)10-5-9(11(14)15)13-16-10/h1-5H,(H,14,15). The fourth-order valence-corrected chi connectivity index (χ4v) is 1.30. The van der Waals surface area contributed by atoms with E-state index in [1.54, 1.807) is 24.3 Å². The Balaban J connectivity index is 2.51. The van der Waals surface area contributed by atoms with Crippen LogP contribution in [0.1, 0.15) is 16.1 Å². The molecule has 1 heterocycles. The largest absolute Gasteiger partial charge is 0.476 e. The Morgan fingerprint density at radius 2 is 2.19 bits per heavy atom. The van der Waals surface area contributed by atoms with Gasteiger partial charge in [-0.2, -0.15) is 5.26 Å². The number of carbonyl (C=O) groups is 1. The van der Waals surface area contributed by atoms with E-state index in [1.165, 1.54) is 6.07 Å². The first-order chi connectivity index (χ1) is 7.72. The van der Waals surface area contributed by atoms with Crippen LogP contribution in [0.5, 0.6) is 0 Å². The highest BCUT2D eigenvalue weighted by atomic mass is 16.5. The number of hydrogen-bond acceptors (Lipinski definition) is 4. The number of carboxylic acid groups (broad SMARTS) is 1. The van der Waals surface area contributed by atoms with E-state index in [-0.39, 0.29) is 11.5 Å². The normalized spacial score (nSPS) is 9.69. The van der Waals surface area contributed by atoms with Gasteiger partial charge >= 0.3 is 5.97 Å². The van der Waals surface area contributed by atoms with Crippen LogP contribution in [-0.2, 0) is 0 Å². The summed E-state index contributed by atoms with van der Waals surface area (Å²) in [4.78, 5) is 10.6. The maximum absolute atomic E-state index is 10.6. The fourth-order valence-electron chi connectivity index (χ4n) is 1.30. The highest BCUT2D eigenvalue weighted by molar-refractivity contribution is 5.86. The van der Waals surface area contributed by atoms with E-state index < -0.39 is 5.97 Å². The van der Waals surface area contributed by atoms with Crippen molar-refractivity contribution >= 4 is 5.97 Å². The van der Waals surface area contributed by atoms with Crippen LogP contribution in [0.25, 0.3) is 11.3 Å². The van der Waals surface area contributed by atoms with Gasteiger partial charge in [-0.3, -0.25) is 0 Å². The summed E-state index contributed by atoms with van der Waals surface area (Å²) in [5.41, 5.74) is 0.767. The Kier molecular flexibility index (Phi) is 2.40. The van der Waals surface area contributed by atoms with E-state index in [0.29, 0.717) is 11.1 Å². The molecule has 0 saturated carbocycles. The highest BCUT2D eigenvalue weighted by Gasteiger charge is 2.14. The first-order valence-corrected chi connectivity index (χ1v) is 4.42. The number of aromatic nitrogens is 1. The van der Waals surface area contributed by atoms with Crippen molar-refractivity contribution in [3.63, 3.8) is 0 Å². The third-order valence-corrected chi connectivity index (χ3v) is 2.04. The molecule has 0 saturated heterocycles. The van der Waals surface area contributed by atoms with Crippen LogP contribution in [0, 0.1) is 11.3 Å². The number of rotatable bonds is 2. The van der Waals surface area contributed by atoms with Gasteiger partial charge in [0.25, 0.3) is 0 Å². The van der Waals surface area contributed by atoms with Crippen molar-refractivity contribution in [2.45, 2.75) is 0 Å². The van der Waals surface area contributed by atoms with E-state index in [9.17, 15) is 4.79 Å². The van der Waals surface area contributed by atoms with E-state index >= 15 is 0 Å². The molecule has 0 spiro atoms. The lowest BCUT2D eigenvalue weighted by Gasteiger charge is -1.96. The predicted octanol–water partition coefficient (Wildman–Crippen LogP) is 1.91. The lowest BCUT2D eigenvalue weighted by molar-refractivity contribution is 0.0686. The minimum atomic E-state index is -1.16. The molecule has 0 atom stereocenters. The van der Waals surface area contributed by atoms with Crippen LogP contribution in [0.4, 0.5) is 0 Å². The van der Waals surface area contributed by atoms with Crippen molar-refractivity contribution in [2.24, 2.45) is 0 Å². The van der Waals surface area contributed by atoms with Crippen LogP contribution < -0.4 is 0 Å². The molecule has 5 heteroatoms. The number of aromatic carboxylic acids is 1. The number of carboxylic acids is 1. The van der Waals surface area contributed by atoms with Gasteiger partial charge in [-0.1, -0.05) is 17.3 Å². The molecule has 0 radical (unpaired) electrons. The summed E-state index contributed by atoms with van der Waals surface area (Å²) in [5.74, 6) is -0.890. The van der Waals surface area contributed by atoms with Crippen LogP contribution in [0.3, 0.4) is 0 Å². The summed E-state index contributed by atoms with van der Waals surface area (Å²) >= 11 is 0. The molecule has 1 aromatic heterocycles. The molecule has 0 bridgehead atoms. The Labute approximate surface area is 90.5 Å². The van der Waals surface area contributed by atoms with E-state index in [4.69, 9.17) is 14.9 Å². The van der Waals surface area contributed by atoms with Gasteiger partial charge in [-0.15, -0.1) is 0 Å². The summed E-state index contributed by atoms with van der Waals surface area (Å²) in [6, 6.07) is 10.0. The lowest BCUT2D eigenvalue weighted by atomic mass is 10.1. The Bertz CT molecular complexity index is 581. The van der Waals surface area contributed by atoms with Gasteiger partial charge in [-0.05, 0) is 12.1 Å². The predicted molar refractivity (Wildman–Crippen MR) is 53.6 cm³/mol. The number of nitrogens with zero attached hydrogens (tertiary/aromatic N) is 2. The minimum absolute atomic E-state index is 0.178. The molecule has 0 aliphatic carbocycles. The number of nitriles is 1. The lowest BCUT2D eigenvalue weighted by Crippen LogP contribution is -1.94. The summed E-state index contributed by atoms with van der Waals surface area (Å²) in [6.07, 6.45) is 0. The zero-order valence-electron chi connectivity index (χ0n) is 8.04. The van der Waals surface area contributed by atoms with Gasteiger partial charge in [0.05, 0.1) is 11.6 Å². The average Bonchev–Trinajstić information content (AvgIpc) is 2.78. The van der Waals surface area contributed by atoms with Crippen LogP contribution in [0.2, 0.25) is 0 Å². The third-order valence-electron chi connectivity index (χ3n) is 2.04. The monoisotopic (exact) mass is 214 g/mol. The average molecular weight is 214 g/mol. The molecule has 2 aromatic rings. The molecule has 2 rings (SSSR count). The van der Waals surface area contributed by atoms with Gasteiger partial charge < -0.3 is 9.63 Å². The Hall–Kier alpha value is -2.61. The summed E-state index contributed by atoms with van der Waals surface area (Å²) < 4.78 is 4.87. The maximum Gasteiger partial charge on any atom is 0.358 e. The molecule has 1 aromatic carbocycles. The Morgan fingerprint density at radius 1 is 1.44 bits per heavy atom. The van der Waals surface area contributed by atoms with Gasteiger partial charge in [0.2, 0.25) is 0 Å². The molecular formula is C11H6N2O3. The van der Waals surface area contributed by atoms with Gasteiger partial charge in [0.1, 0.15) is 0 Å². The molecule has 0 aliphatic rings. The molecule has 0 amide bonds. The number of hydrogen-bond donors (Lipinski definition) is 1. The zero-order chi connectivity index (χ0) is 11.5. The van der Waals surface area contributed by atoms with E-state index in [2.05, 4.69) is 5.16 Å². The molecule has 1 N–H and O–H groups in total. The fraction of sp³-hybridized carbons (Fsp3) is 0. The molecule has 0 fully saturated rings. The quantitative estimate of drug-likeness (QED) is 0.824. The third kappa shape index (κ3) is 1.64. The first kappa shape index (κ1) is 9.93. The molecule has 0 aliphatic heterocycles. The zero-order valence-corrected chi connectivity index (χ0v) is 8.04. The Morgan fingerprint density at radius 3 is 2.81 bits per heavy atom. The highest BCUT2D eigenvalue weighted by Crippen LogP contribution is 2.23. The summed E-state index contributed by atoms with van der Waals surface area (Å²) in [7, 11) is 0. The van der Waals surface area contributed by atoms with Crippen LogP contribution >= 0.6 is 0 Å². The van der Waals surface area contributed by atoms with E-state index in [0.717, 1.165) is 0 Å². The van der Waals surface area contributed by atoms with Crippen LogP contribution in [0.15, 0.2) is 34.9 Å². The second-order valence-electron chi connectivity index (χ2n) is 3.04. The molecule has 5 nitrogen and oxygen atoms in total. The second-order valence-corrected chi connectivity index (χ2v) is 3.04. The molecule has 0 unspecified atom stereocenters. The van der Waals surface area contributed by atoms with Gasteiger partial charge in [0.15, 0.2) is 11.5 Å². The second kappa shape index (κ2) is 3.87. The minimum Gasteiger partial charge on any atom is -0.476 e. The van der Waals surface area contributed by atoms with Crippen molar-refractivity contribution in [1.82, 2.24) is 5.16 Å². The topological polar surface area (TPSA) is 87.1 Å². The van der Waals surface area contributed by atoms with Crippen molar-refractivity contribution < 1.29 is 14.4 Å². The van der Waals surface area contributed by atoms with Gasteiger partial charge in [-0.25, -0.2) is 4.79 Å². The van der Waals surface area contributed by atoms with E-state index in [1.807, 2.05) is 6.07 Å². The summed E-state index contributed by atoms with van der Waals surface area (Å²) in [5, 5.41) is 20.9. The van der Waals surface area contributed by atoms with Crippen LogP contribution in [-0.4, -0.2) is 16.2 Å². The molecular weight excluding hydrogens is 208 g/mol. The molecule has 16 heavy (non-hydrogen) atoms. The first-order valence-electron chi connectivity index (χ1n) is 4.42. The van der Waals surface area contributed by atoms with Crippen molar-refractivity contribution in [1.29, 1.82) is 5.26 Å². The SMILES string of the molecule is N#Cc1ccccc1-c1cc(C(=O)O)no1. The number of benzene rings is 1.